The minimum atomic E-state index is -0.536. The maximum Gasteiger partial charge on any atom is 0.205 e. The van der Waals surface area contributed by atoms with Crippen LogP contribution in [0.5, 0.6) is 0 Å². The number of Topliss-reactive ketones (excluding diaryl/α,β-unsaturated/α-hetero) is 1. The Morgan fingerprint density at radius 1 is 1.19 bits per heavy atom. The van der Waals surface area contributed by atoms with E-state index in [9.17, 15) is 10.1 Å². The van der Waals surface area contributed by atoms with Gasteiger partial charge in [-0.3, -0.25) is 4.79 Å². The first-order valence-electron chi connectivity index (χ1n) is 8.21. The molecule has 2 aliphatic rings. The third-order valence-corrected chi connectivity index (χ3v) is 5.06. The zero-order valence-electron chi connectivity index (χ0n) is 13.7. The fraction of sp³-hybridized carbons (Fsp3) is 0.200. The average molecular weight is 367 g/mol. The summed E-state index contributed by atoms with van der Waals surface area (Å²) in [5, 5.41) is 10.2. The summed E-state index contributed by atoms with van der Waals surface area (Å²) in [5.74, 6) is 0.598. The second-order valence-electron chi connectivity index (χ2n) is 6.36. The van der Waals surface area contributed by atoms with Gasteiger partial charge in [-0.05, 0) is 29.8 Å². The third-order valence-electron chi connectivity index (χ3n) is 4.81. The smallest absolute Gasteiger partial charge is 0.205 e. The largest absolute Gasteiger partial charge is 0.469 e. The van der Waals surface area contributed by atoms with Crippen molar-refractivity contribution in [2.75, 3.05) is 0 Å². The number of hydrogen-bond donors (Lipinski definition) is 1. The van der Waals surface area contributed by atoms with Crippen molar-refractivity contribution < 1.29 is 13.9 Å². The monoisotopic (exact) mass is 366 g/mol. The number of hydrogen-bond acceptors (Lipinski definition) is 5. The minimum absolute atomic E-state index is 0.0408. The zero-order valence-corrected chi connectivity index (χ0v) is 14.5. The molecule has 0 fully saturated rings. The lowest BCUT2D eigenvalue weighted by molar-refractivity contribution is -0.117. The molecule has 0 amide bonds. The van der Waals surface area contributed by atoms with E-state index in [-0.39, 0.29) is 23.2 Å². The van der Waals surface area contributed by atoms with E-state index in [0.29, 0.717) is 29.2 Å². The van der Waals surface area contributed by atoms with Crippen molar-refractivity contribution in [1.82, 2.24) is 0 Å². The highest BCUT2D eigenvalue weighted by Crippen LogP contribution is 2.46. The summed E-state index contributed by atoms with van der Waals surface area (Å²) in [6.45, 7) is 0. The highest BCUT2D eigenvalue weighted by molar-refractivity contribution is 6.30. The molecule has 0 spiro atoms. The van der Waals surface area contributed by atoms with E-state index >= 15 is 0 Å². The van der Waals surface area contributed by atoms with Gasteiger partial charge in [-0.1, -0.05) is 23.7 Å². The lowest BCUT2D eigenvalue weighted by atomic mass is 9.74. The lowest BCUT2D eigenvalue weighted by Crippen LogP contribution is -2.29. The Kier molecular flexibility index (Phi) is 4.06. The van der Waals surface area contributed by atoms with E-state index in [1.807, 2.05) is 6.07 Å². The Morgan fingerprint density at radius 2 is 1.96 bits per heavy atom. The second kappa shape index (κ2) is 6.40. The molecule has 0 bridgehead atoms. The average Bonchev–Trinajstić information content (AvgIpc) is 3.16. The van der Waals surface area contributed by atoms with Gasteiger partial charge in [0.05, 0.1) is 12.2 Å². The van der Waals surface area contributed by atoms with Gasteiger partial charge in [0.15, 0.2) is 5.78 Å². The van der Waals surface area contributed by atoms with Crippen LogP contribution in [0.15, 0.2) is 69.9 Å². The molecule has 1 aromatic carbocycles. The highest BCUT2D eigenvalue weighted by Gasteiger charge is 2.41. The highest BCUT2D eigenvalue weighted by atomic mass is 35.5. The molecule has 2 heterocycles. The molecule has 2 atom stereocenters. The van der Waals surface area contributed by atoms with Crippen LogP contribution < -0.4 is 5.73 Å². The molecule has 2 aromatic rings. The van der Waals surface area contributed by atoms with E-state index in [1.165, 1.54) is 0 Å². The molecule has 1 aliphatic heterocycles. The predicted molar refractivity (Wildman–Crippen MR) is 94.8 cm³/mol. The molecule has 0 unspecified atom stereocenters. The molecule has 6 heteroatoms. The fourth-order valence-electron chi connectivity index (χ4n) is 3.62. The summed E-state index contributed by atoms with van der Waals surface area (Å²) >= 11 is 5.98. The molecule has 1 aromatic heterocycles. The second-order valence-corrected chi connectivity index (χ2v) is 6.79. The number of carbonyl (C=O) groups excluding carboxylic acids is 1. The van der Waals surface area contributed by atoms with Gasteiger partial charge < -0.3 is 14.9 Å². The van der Waals surface area contributed by atoms with Crippen LogP contribution in [-0.2, 0) is 9.53 Å². The molecule has 4 rings (SSSR count). The topological polar surface area (TPSA) is 89.3 Å². The van der Waals surface area contributed by atoms with Gasteiger partial charge in [0.1, 0.15) is 23.2 Å². The molecule has 2 N–H and O–H groups in total. The zero-order chi connectivity index (χ0) is 18.3. The van der Waals surface area contributed by atoms with Crippen LogP contribution in [0.3, 0.4) is 0 Å². The Morgan fingerprint density at radius 3 is 2.62 bits per heavy atom. The molecular formula is C20H15ClN2O3. The number of furan rings is 1. The van der Waals surface area contributed by atoms with Crippen LogP contribution in [-0.4, -0.2) is 5.78 Å². The standard InChI is InChI=1S/C20H15ClN2O3/c21-13-5-3-11(4-6-13)18-14(10-22)20(23)26-17-9-12(8-15(24)19(17)18)16-2-1-7-25-16/h1-7,12,18H,8-9,23H2/t12-,18-/m0/s1. The molecule has 0 radical (unpaired) electrons. The number of benzene rings is 1. The number of ether oxygens (including phenoxy) is 1. The number of halogens is 1. The Bertz CT molecular complexity index is 965. The maximum absolute atomic E-state index is 13.0. The van der Waals surface area contributed by atoms with Crippen LogP contribution in [0.2, 0.25) is 5.02 Å². The minimum Gasteiger partial charge on any atom is -0.469 e. The van der Waals surface area contributed by atoms with Gasteiger partial charge >= 0.3 is 0 Å². The van der Waals surface area contributed by atoms with E-state index in [4.69, 9.17) is 26.5 Å². The van der Waals surface area contributed by atoms with Crippen LogP contribution in [0, 0.1) is 11.3 Å². The number of nitrogens with zero attached hydrogens (tertiary/aromatic N) is 1. The normalized spacial score (nSPS) is 22.7. The first kappa shape index (κ1) is 16.5. The van der Waals surface area contributed by atoms with E-state index in [2.05, 4.69) is 6.07 Å². The van der Waals surface area contributed by atoms with Gasteiger partial charge in [-0.25, -0.2) is 0 Å². The Labute approximate surface area is 155 Å². The number of nitriles is 1. The van der Waals surface area contributed by atoms with Crippen LogP contribution in [0.1, 0.15) is 36.0 Å². The molecule has 0 saturated heterocycles. The number of allylic oxidation sites excluding steroid dienone is 3. The predicted octanol–water partition coefficient (Wildman–Crippen LogP) is 4.14. The summed E-state index contributed by atoms with van der Waals surface area (Å²) in [6, 6.07) is 12.8. The summed E-state index contributed by atoms with van der Waals surface area (Å²) in [5.41, 5.74) is 7.54. The number of ketones is 1. The van der Waals surface area contributed by atoms with Crippen LogP contribution >= 0.6 is 11.6 Å². The van der Waals surface area contributed by atoms with Crippen molar-refractivity contribution in [3.05, 3.63) is 81.8 Å². The SMILES string of the molecule is N#CC1=C(N)OC2=C(C(=O)C[C@H](c3ccco3)C2)[C@H]1c1ccc(Cl)cc1. The van der Waals surface area contributed by atoms with Crippen LogP contribution in [0.25, 0.3) is 0 Å². The molecular weight excluding hydrogens is 352 g/mol. The first-order valence-corrected chi connectivity index (χ1v) is 8.59. The van der Waals surface area contributed by atoms with Crippen molar-refractivity contribution in [1.29, 1.82) is 5.26 Å². The Balaban J connectivity index is 1.80. The fourth-order valence-corrected chi connectivity index (χ4v) is 3.75. The van der Waals surface area contributed by atoms with Crippen molar-refractivity contribution in [3.8, 4) is 6.07 Å². The number of carbonyl (C=O) groups is 1. The lowest BCUT2D eigenvalue weighted by Gasteiger charge is -2.33. The molecule has 1 aliphatic carbocycles. The van der Waals surface area contributed by atoms with E-state index in [0.717, 1.165) is 11.3 Å². The quantitative estimate of drug-likeness (QED) is 0.862. The number of nitrogens with two attached hydrogens (primary N) is 1. The van der Waals surface area contributed by atoms with Crippen molar-refractivity contribution >= 4 is 17.4 Å². The third kappa shape index (κ3) is 2.69. The van der Waals surface area contributed by atoms with Crippen molar-refractivity contribution in [2.24, 2.45) is 5.73 Å². The Hall–Kier alpha value is -2.97. The van der Waals surface area contributed by atoms with Gasteiger partial charge in [0.2, 0.25) is 5.88 Å². The van der Waals surface area contributed by atoms with E-state index in [1.54, 1.807) is 36.6 Å². The summed E-state index contributed by atoms with van der Waals surface area (Å²) in [7, 11) is 0. The summed E-state index contributed by atoms with van der Waals surface area (Å²) in [4.78, 5) is 13.0. The number of rotatable bonds is 2. The maximum atomic E-state index is 13.0. The van der Waals surface area contributed by atoms with Crippen molar-refractivity contribution in [3.63, 3.8) is 0 Å². The van der Waals surface area contributed by atoms with E-state index < -0.39 is 5.92 Å². The van der Waals surface area contributed by atoms with Gasteiger partial charge in [-0.2, -0.15) is 5.26 Å². The summed E-state index contributed by atoms with van der Waals surface area (Å²) < 4.78 is 11.1. The molecule has 26 heavy (non-hydrogen) atoms. The summed E-state index contributed by atoms with van der Waals surface area (Å²) in [6.07, 6.45) is 2.39. The molecule has 0 saturated carbocycles. The van der Waals surface area contributed by atoms with Gasteiger partial charge in [0.25, 0.3) is 0 Å². The van der Waals surface area contributed by atoms with Gasteiger partial charge in [-0.15, -0.1) is 0 Å². The van der Waals surface area contributed by atoms with Gasteiger partial charge in [0, 0.05) is 29.4 Å². The molecule has 130 valence electrons. The van der Waals surface area contributed by atoms with Crippen LogP contribution in [0.4, 0.5) is 0 Å². The molecule has 5 nitrogen and oxygen atoms in total. The first-order chi connectivity index (χ1) is 12.6. The van der Waals surface area contributed by atoms with Crippen molar-refractivity contribution in [2.45, 2.75) is 24.7 Å².